The van der Waals surface area contributed by atoms with Gasteiger partial charge in [-0.2, -0.15) is 5.10 Å². The summed E-state index contributed by atoms with van der Waals surface area (Å²) in [5.41, 5.74) is -0.0685. The van der Waals surface area contributed by atoms with Crippen LogP contribution in [-0.2, 0) is 5.54 Å². The predicted octanol–water partition coefficient (Wildman–Crippen LogP) is 3.44. The maximum atomic E-state index is 12.0. The van der Waals surface area contributed by atoms with Crippen molar-refractivity contribution in [2.75, 3.05) is 0 Å². The quantitative estimate of drug-likeness (QED) is 0.721. The fraction of sp³-hybridized carbons (Fsp3) is 0.556. The number of hydrogen-bond donors (Lipinski definition) is 0. The van der Waals surface area contributed by atoms with Gasteiger partial charge in [0.05, 0.1) is 22.3 Å². The van der Waals surface area contributed by atoms with E-state index in [1.807, 2.05) is 20.8 Å². The fourth-order valence-electron chi connectivity index (χ4n) is 1.12. The van der Waals surface area contributed by atoms with Crippen LogP contribution in [0.15, 0.2) is 11.0 Å². The standard InChI is InChI=1S/C9H11Br2ClN2O/c1-9(2,3)14-8(15)6(7(10)11)5(12)4-13-14/h4,7H,1-3H3. The molecule has 15 heavy (non-hydrogen) atoms. The highest BCUT2D eigenvalue weighted by Crippen LogP contribution is 2.31. The molecule has 0 N–H and O–H groups in total. The maximum absolute atomic E-state index is 12.0. The van der Waals surface area contributed by atoms with Crippen molar-refractivity contribution in [1.29, 1.82) is 0 Å². The molecule has 1 rings (SSSR count). The normalized spacial score (nSPS) is 12.2. The van der Waals surface area contributed by atoms with Gasteiger partial charge < -0.3 is 0 Å². The summed E-state index contributed by atoms with van der Waals surface area (Å²) >= 11 is 12.5. The van der Waals surface area contributed by atoms with E-state index in [2.05, 4.69) is 37.0 Å². The Morgan fingerprint density at radius 2 is 2.00 bits per heavy atom. The average Bonchev–Trinajstić information content (AvgIpc) is 2.00. The second-order valence-corrected chi connectivity index (χ2v) is 7.56. The number of aromatic nitrogens is 2. The van der Waals surface area contributed by atoms with E-state index in [1.54, 1.807) is 0 Å². The molecule has 0 aromatic carbocycles. The van der Waals surface area contributed by atoms with Gasteiger partial charge in [-0.05, 0) is 20.8 Å². The van der Waals surface area contributed by atoms with Crippen molar-refractivity contribution < 1.29 is 0 Å². The minimum atomic E-state index is -0.356. The van der Waals surface area contributed by atoms with Gasteiger partial charge in [0.1, 0.15) is 3.74 Å². The topological polar surface area (TPSA) is 34.9 Å². The van der Waals surface area contributed by atoms with Crippen molar-refractivity contribution >= 4 is 43.5 Å². The van der Waals surface area contributed by atoms with Gasteiger partial charge in [0.2, 0.25) is 0 Å². The first-order valence-electron chi connectivity index (χ1n) is 4.31. The second-order valence-electron chi connectivity index (χ2n) is 4.09. The molecule has 0 saturated heterocycles. The fourth-order valence-corrected chi connectivity index (χ4v) is 2.50. The number of alkyl halides is 2. The lowest BCUT2D eigenvalue weighted by Gasteiger charge is -2.21. The molecule has 0 unspecified atom stereocenters. The first-order chi connectivity index (χ1) is 6.75. The maximum Gasteiger partial charge on any atom is 0.273 e. The van der Waals surface area contributed by atoms with Crippen molar-refractivity contribution in [2.45, 2.75) is 30.0 Å². The summed E-state index contributed by atoms with van der Waals surface area (Å²) < 4.78 is 1.16. The van der Waals surface area contributed by atoms with Gasteiger partial charge in [0, 0.05) is 0 Å². The Hall–Kier alpha value is 0.130. The third-order valence-corrected chi connectivity index (χ3v) is 3.04. The zero-order valence-electron chi connectivity index (χ0n) is 8.59. The molecule has 0 fully saturated rings. The van der Waals surface area contributed by atoms with E-state index < -0.39 is 0 Å². The summed E-state index contributed by atoms with van der Waals surface area (Å²) in [4.78, 5) is 12.0. The van der Waals surface area contributed by atoms with Gasteiger partial charge in [-0.25, -0.2) is 4.68 Å². The molecule has 1 heterocycles. The van der Waals surface area contributed by atoms with E-state index in [1.165, 1.54) is 10.9 Å². The number of rotatable bonds is 1. The molecule has 1 aromatic heterocycles. The lowest BCUT2D eigenvalue weighted by molar-refractivity contribution is 0.336. The monoisotopic (exact) mass is 356 g/mol. The highest BCUT2D eigenvalue weighted by atomic mass is 79.9. The molecule has 84 valence electrons. The van der Waals surface area contributed by atoms with Gasteiger partial charge in [0.15, 0.2) is 0 Å². The van der Waals surface area contributed by atoms with E-state index in [0.717, 1.165) is 0 Å². The van der Waals surface area contributed by atoms with Crippen molar-refractivity contribution in [3.05, 3.63) is 27.1 Å². The van der Waals surface area contributed by atoms with Crippen LogP contribution in [0, 0.1) is 0 Å². The summed E-state index contributed by atoms with van der Waals surface area (Å²) in [7, 11) is 0. The molecule has 0 amide bonds. The average molecular weight is 358 g/mol. The third-order valence-electron chi connectivity index (χ3n) is 1.82. The highest BCUT2D eigenvalue weighted by Gasteiger charge is 2.21. The van der Waals surface area contributed by atoms with Gasteiger partial charge in [0.25, 0.3) is 5.56 Å². The third kappa shape index (κ3) is 2.82. The predicted molar refractivity (Wildman–Crippen MR) is 69.1 cm³/mol. The molecule has 3 nitrogen and oxygen atoms in total. The minimum Gasteiger partial charge on any atom is -0.267 e. The van der Waals surface area contributed by atoms with Gasteiger partial charge in [-0.15, -0.1) is 0 Å². The Morgan fingerprint density at radius 3 is 2.40 bits per heavy atom. The van der Waals surface area contributed by atoms with Crippen LogP contribution >= 0.6 is 43.5 Å². The first kappa shape index (κ1) is 13.2. The Kier molecular flexibility index (Phi) is 4.01. The number of halogens is 3. The Labute approximate surface area is 110 Å². The molecule has 0 aliphatic heterocycles. The first-order valence-corrected chi connectivity index (χ1v) is 6.52. The van der Waals surface area contributed by atoms with E-state index in [0.29, 0.717) is 10.6 Å². The smallest absolute Gasteiger partial charge is 0.267 e. The summed E-state index contributed by atoms with van der Waals surface area (Å²) in [6.07, 6.45) is 1.49. The van der Waals surface area contributed by atoms with Crippen molar-refractivity contribution in [1.82, 2.24) is 9.78 Å². The van der Waals surface area contributed by atoms with Crippen LogP contribution < -0.4 is 5.56 Å². The Balaban J connectivity index is 3.50. The van der Waals surface area contributed by atoms with Crippen LogP contribution in [0.2, 0.25) is 5.02 Å². The van der Waals surface area contributed by atoms with Crippen LogP contribution in [0.3, 0.4) is 0 Å². The minimum absolute atomic E-state index is 0.186. The Morgan fingerprint density at radius 1 is 1.47 bits per heavy atom. The summed E-state index contributed by atoms with van der Waals surface area (Å²) in [6, 6.07) is 0. The van der Waals surface area contributed by atoms with Crippen molar-refractivity contribution in [2.24, 2.45) is 0 Å². The van der Waals surface area contributed by atoms with Gasteiger partial charge >= 0.3 is 0 Å². The molecule has 0 atom stereocenters. The zero-order chi connectivity index (χ0) is 11.8. The van der Waals surface area contributed by atoms with Crippen LogP contribution in [0.1, 0.15) is 30.1 Å². The molecular formula is C9H11Br2ClN2O. The van der Waals surface area contributed by atoms with E-state index in [-0.39, 0.29) is 14.8 Å². The van der Waals surface area contributed by atoms with E-state index >= 15 is 0 Å². The number of nitrogens with zero attached hydrogens (tertiary/aromatic N) is 2. The summed E-state index contributed by atoms with van der Waals surface area (Å²) in [6.45, 7) is 5.74. The summed E-state index contributed by atoms with van der Waals surface area (Å²) in [5.74, 6) is 0. The molecule has 0 radical (unpaired) electrons. The molecule has 0 aliphatic rings. The van der Waals surface area contributed by atoms with Crippen LogP contribution in [-0.4, -0.2) is 9.78 Å². The highest BCUT2D eigenvalue weighted by molar-refractivity contribution is 9.24. The van der Waals surface area contributed by atoms with Crippen molar-refractivity contribution in [3.8, 4) is 0 Å². The zero-order valence-corrected chi connectivity index (χ0v) is 12.5. The Bertz CT molecular complexity index is 423. The van der Waals surface area contributed by atoms with Gasteiger partial charge in [-0.1, -0.05) is 43.5 Å². The molecular weight excluding hydrogens is 347 g/mol. The SMILES string of the molecule is CC(C)(C)n1ncc(Cl)c(C(Br)Br)c1=O. The molecule has 0 spiro atoms. The lowest BCUT2D eigenvalue weighted by Crippen LogP contribution is -2.37. The molecule has 0 aliphatic carbocycles. The van der Waals surface area contributed by atoms with Crippen molar-refractivity contribution in [3.63, 3.8) is 0 Å². The summed E-state index contributed by atoms with van der Waals surface area (Å²) in [5, 5.41) is 4.38. The van der Waals surface area contributed by atoms with Gasteiger partial charge in [-0.3, -0.25) is 4.79 Å². The van der Waals surface area contributed by atoms with Crippen LogP contribution in [0.25, 0.3) is 0 Å². The number of hydrogen-bond acceptors (Lipinski definition) is 2. The largest absolute Gasteiger partial charge is 0.273 e. The lowest BCUT2D eigenvalue weighted by atomic mass is 10.1. The molecule has 6 heteroatoms. The molecule has 1 aromatic rings. The molecule has 0 saturated carbocycles. The van der Waals surface area contributed by atoms with Crippen LogP contribution in [0.5, 0.6) is 0 Å². The second kappa shape index (κ2) is 4.55. The van der Waals surface area contributed by atoms with E-state index in [9.17, 15) is 4.79 Å². The molecule has 0 bridgehead atoms. The van der Waals surface area contributed by atoms with Crippen LogP contribution in [0.4, 0.5) is 0 Å². The van der Waals surface area contributed by atoms with E-state index in [4.69, 9.17) is 11.6 Å².